The normalized spacial score (nSPS) is 30.3. The molecule has 0 saturated heterocycles. The van der Waals surface area contributed by atoms with Gasteiger partial charge in [0.1, 0.15) is 6.61 Å². The predicted molar refractivity (Wildman–Crippen MR) is 61.5 cm³/mol. The van der Waals surface area contributed by atoms with E-state index in [1.54, 1.807) is 0 Å². The number of hydrogen-bond donors (Lipinski definition) is 1. The highest BCUT2D eigenvalue weighted by Gasteiger charge is 2.39. The van der Waals surface area contributed by atoms with Crippen LogP contribution in [-0.2, 0) is 9.53 Å². The van der Waals surface area contributed by atoms with E-state index in [1.807, 2.05) is 0 Å². The third-order valence-electron chi connectivity index (χ3n) is 3.35. The average molecular weight is 219 g/mol. The van der Waals surface area contributed by atoms with Crippen molar-refractivity contribution in [3.63, 3.8) is 0 Å². The van der Waals surface area contributed by atoms with Crippen molar-refractivity contribution in [2.24, 2.45) is 17.8 Å². The third kappa shape index (κ3) is 2.45. The molecule has 2 rings (SSSR count). The van der Waals surface area contributed by atoms with Crippen molar-refractivity contribution in [2.45, 2.75) is 12.8 Å². The number of carbonyl (C=O) groups excluding carboxylic acids is 1. The van der Waals surface area contributed by atoms with Gasteiger partial charge in [-0.15, -0.1) is 6.42 Å². The summed E-state index contributed by atoms with van der Waals surface area (Å²) in [6.07, 6.45) is 11.6. The molecular weight excluding hydrogens is 202 g/mol. The number of fused-ring (bicyclic) bond motifs is 2. The van der Waals surface area contributed by atoms with Crippen LogP contribution in [0.25, 0.3) is 0 Å². The van der Waals surface area contributed by atoms with Gasteiger partial charge < -0.3 is 10.1 Å². The predicted octanol–water partition coefficient (Wildman–Crippen LogP) is 0.965. The van der Waals surface area contributed by atoms with E-state index in [0.29, 0.717) is 31.6 Å². The van der Waals surface area contributed by atoms with E-state index in [9.17, 15) is 4.79 Å². The van der Waals surface area contributed by atoms with Gasteiger partial charge in [-0.3, -0.25) is 4.79 Å². The number of carbonyl (C=O) groups is 1. The molecule has 1 N–H and O–H groups in total. The van der Waals surface area contributed by atoms with Crippen molar-refractivity contribution in [2.75, 3.05) is 19.8 Å². The molecule has 0 heterocycles. The summed E-state index contributed by atoms with van der Waals surface area (Å²) in [5.74, 6) is 3.85. The number of hydrogen-bond acceptors (Lipinski definition) is 2. The number of terminal acetylenes is 1. The van der Waals surface area contributed by atoms with Gasteiger partial charge in [-0.1, -0.05) is 18.1 Å². The summed E-state index contributed by atoms with van der Waals surface area (Å²) >= 11 is 0. The molecule has 0 spiro atoms. The standard InChI is InChI=1S/C13H17NO2/c1-2-6-16-7-5-14-13(15)12-9-10-3-4-11(12)8-10/h1,3-4,10-12H,5-9H2,(H,14,15)/t10-,11+,12?/m0/s1. The number of rotatable bonds is 5. The van der Waals surface area contributed by atoms with Gasteiger partial charge >= 0.3 is 0 Å². The fourth-order valence-electron chi connectivity index (χ4n) is 2.59. The van der Waals surface area contributed by atoms with E-state index in [0.717, 1.165) is 12.8 Å². The summed E-state index contributed by atoms with van der Waals surface area (Å²) in [6.45, 7) is 1.36. The van der Waals surface area contributed by atoms with Gasteiger partial charge in [-0.2, -0.15) is 0 Å². The van der Waals surface area contributed by atoms with Gasteiger partial charge in [-0.05, 0) is 24.7 Å². The summed E-state index contributed by atoms with van der Waals surface area (Å²) in [5.41, 5.74) is 0. The lowest BCUT2D eigenvalue weighted by Gasteiger charge is -2.17. The second-order valence-corrected chi connectivity index (χ2v) is 4.43. The molecule has 0 radical (unpaired) electrons. The summed E-state index contributed by atoms with van der Waals surface area (Å²) in [7, 11) is 0. The lowest BCUT2D eigenvalue weighted by molar-refractivity contribution is -0.125. The van der Waals surface area contributed by atoms with Crippen LogP contribution in [0.15, 0.2) is 12.2 Å². The van der Waals surface area contributed by atoms with Crippen LogP contribution in [0.4, 0.5) is 0 Å². The summed E-state index contributed by atoms with van der Waals surface area (Å²) < 4.78 is 5.09. The molecule has 1 saturated carbocycles. The van der Waals surface area contributed by atoms with E-state index in [4.69, 9.17) is 11.2 Å². The highest BCUT2D eigenvalue weighted by Crippen LogP contribution is 2.43. The Kier molecular flexibility index (Phi) is 3.63. The number of ether oxygens (including phenoxy) is 1. The maximum absolute atomic E-state index is 11.8. The van der Waals surface area contributed by atoms with E-state index in [2.05, 4.69) is 23.4 Å². The molecule has 1 amide bonds. The van der Waals surface area contributed by atoms with Crippen LogP contribution in [0, 0.1) is 30.1 Å². The van der Waals surface area contributed by atoms with Gasteiger partial charge in [0, 0.05) is 12.5 Å². The van der Waals surface area contributed by atoms with E-state index >= 15 is 0 Å². The van der Waals surface area contributed by atoms with Crippen molar-refractivity contribution < 1.29 is 9.53 Å². The van der Waals surface area contributed by atoms with Crippen molar-refractivity contribution in [3.05, 3.63) is 12.2 Å². The fraction of sp³-hybridized carbons (Fsp3) is 0.615. The molecule has 0 aromatic heterocycles. The maximum Gasteiger partial charge on any atom is 0.223 e. The van der Waals surface area contributed by atoms with Crippen molar-refractivity contribution in [1.82, 2.24) is 5.32 Å². The van der Waals surface area contributed by atoms with E-state index < -0.39 is 0 Å². The van der Waals surface area contributed by atoms with Crippen molar-refractivity contribution in [3.8, 4) is 12.3 Å². The Morgan fingerprint density at radius 2 is 2.38 bits per heavy atom. The first kappa shape index (κ1) is 11.2. The average Bonchev–Trinajstić information content (AvgIpc) is 2.90. The lowest BCUT2D eigenvalue weighted by Crippen LogP contribution is -2.35. The van der Waals surface area contributed by atoms with Crippen LogP contribution in [-0.4, -0.2) is 25.7 Å². The second kappa shape index (κ2) is 5.18. The molecular formula is C13H17NO2. The topological polar surface area (TPSA) is 38.3 Å². The molecule has 3 atom stereocenters. The third-order valence-corrected chi connectivity index (χ3v) is 3.35. The smallest absolute Gasteiger partial charge is 0.223 e. The lowest BCUT2D eigenvalue weighted by atomic mass is 9.93. The maximum atomic E-state index is 11.8. The van der Waals surface area contributed by atoms with Crippen LogP contribution < -0.4 is 5.32 Å². The molecule has 16 heavy (non-hydrogen) atoms. The van der Waals surface area contributed by atoms with Gasteiger partial charge in [0.15, 0.2) is 0 Å². The molecule has 3 heteroatoms. The molecule has 0 aliphatic heterocycles. The van der Waals surface area contributed by atoms with Crippen molar-refractivity contribution >= 4 is 5.91 Å². The largest absolute Gasteiger partial charge is 0.367 e. The molecule has 3 nitrogen and oxygen atoms in total. The number of amides is 1. The quantitative estimate of drug-likeness (QED) is 0.425. The second-order valence-electron chi connectivity index (χ2n) is 4.43. The first-order chi connectivity index (χ1) is 7.81. The fourth-order valence-corrected chi connectivity index (χ4v) is 2.59. The zero-order valence-corrected chi connectivity index (χ0v) is 9.32. The zero-order chi connectivity index (χ0) is 11.4. The monoisotopic (exact) mass is 219 g/mol. The highest BCUT2D eigenvalue weighted by atomic mass is 16.5. The van der Waals surface area contributed by atoms with Crippen LogP contribution in [0.1, 0.15) is 12.8 Å². The Morgan fingerprint density at radius 1 is 1.50 bits per heavy atom. The number of nitrogens with one attached hydrogen (secondary N) is 1. The first-order valence-corrected chi connectivity index (χ1v) is 5.78. The summed E-state index contributed by atoms with van der Waals surface area (Å²) in [6, 6.07) is 0. The van der Waals surface area contributed by atoms with E-state index in [1.165, 1.54) is 0 Å². The Bertz CT molecular complexity index is 329. The molecule has 2 aliphatic rings. The van der Waals surface area contributed by atoms with Gasteiger partial charge in [-0.25, -0.2) is 0 Å². The molecule has 1 fully saturated rings. The Morgan fingerprint density at radius 3 is 3.00 bits per heavy atom. The molecule has 0 aromatic carbocycles. The van der Waals surface area contributed by atoms with E-state index in [-0.39, 0.29) is 11.8 Å². The van der Waals surface area contributed by atoms with Gasteiger partial charge in [0.05, 0.1) is 6.61 Å². The molecule has 0 aromatic rings. The highest BCUT2D eigenvalue weighted by molar-refractivity contribution is 5.79. The van der Waals surface area contributed by atoms with Gasteiger partial charge in [0.2, 0.25) is 5.91 Å². The Balaban J connectivity index is 1.65. The Hall–Kier alpha value is -1.27. The van der Waals surface area contributed by atoms with Crippen LogP contribution >= 0.6 is 0 Å². The van der Waals surface area contributed by atoms with Crippen LogP contribution in [0.3, 0.4) is 0 Å². The number of allylic oxidation sites excluding steroid dienone is 2. The minimum absolute atomic E-state index is 0.168. The molecule has 2 aliphatic carbocycles. The summed E-state index contributed by atoms with van der Waals surface area (Å²) in [5, 5.41) is 2.90. The zero-order valence-electron chi connectivity index (χ0n) is 9.32. The molecule has 2 bridgehead atoms. The van der Waals surface area contributed by atoms with Gasteiger partial charge in [0.25, 0.3) is 0 Å². The minimum atomic E-state index is 0.168. The van der Waals surface area contributed by atoms with Crippen LogP contribution in [0.5, 0.6) is 0 Å². The summed E-state index contributed by atoms with van der Waals surface area (Å²) in [4.78, 5) is 11.8. The SMILES string of the molecule is C#CCOCCNC(=O)C1C[C@H]2C=C[C@@H]1C2. The minimum Gasteiger partial charge on any atom is -0.367 e. The molecule has 86 valence electrons. The van der Waals surface area contributed by atoms with Crippen LogP contribution in [0.2, 0.25) is 0 Å². The Labute approximate surface area is 96.2 Å². The van der Waals surface area contributed by atoms with Crippen molar-refractivity contribution in [1.29, 1.82) is 0 Å². The first-order valence-electron chi connectivity index (χ1n) is 5.78. The molecule has 1 unspecified atom stereocenters.